The van der Waals surface area contributed by atoms with Crippen molar-refractivity contribution in [3.8, 4) is 0 Å². The van der Waals surface area contributed by atoms with Crippen molar-refractivity contribution >= 4 is 5.91 Å². The molecule has 2 N–H and O–H groups in total. The SMILES string of the molecule is O=C(CN1CCCC2CNCC21)NCc1ccccc1F. The van der Waals surface area contributed by atoms with Gasteiger partial charge in [-0.1, -0.05) is 18.2 Å². The van der Waals surface area contributed by atoms with Gasteiger partial charge in [-0.2, -0.15) is 0 Å². The number of hydrogen-bond acceptors (Lipinski definition) is 3. The summed E-state index contributed by atoms with van der Waals surface area (Å²) in [6, 6.07) is 7.04. The van der Waals surface area contributed by atoms with E-state index in [0.29, 0.717) is 24.1 Å². The zero-order chi connectivity index (χ0) is 14.7. The predicted octanol–water partition coefficient (Wildman–Crippen LogP) is 1.13. The summed E-state index contributed by atoms with van der Waals surface area (Å²) >= 11 is 0. The molecule has 0 aliphatic carbocycles. The van der Waals surface area contributed by atoms with Gasteiger partial charge in [0.05, 0.1) is 6.54 Å². The molecule has 0 spiro atoms. The van der Waals surface area contributed by atoms with Gasteiger partial charge in [0, 0.05) is 24.7 Å². The minimum absolute atomic E-state index is 0.0224. The molecule has 0 aromatic heterocycles. The van der Waals surface area contributed by atoms with Crippen LogP contribution in [0.4, 0.5) is 4.39 Å². The number of carbonyl (C=O) groups is 1. The summed E-state index contributed by atoms with van der Waals surface area (Å²) in [6.45, 7) is 3.70. The van der Waals surface area contributed by atoms with Crippen molar-refractivity contribution < 1.29 is 9.18 Å². The molecule has 2 fully saturated rings. The van der Waals surface area contributed by atoms with E-state index in [9.17, 15) is 9.18 Å². The highest BCUT2D eigenvalue weighted by Crippen LogP contribution is 2.25. The second-order valence-corrected chi connectivity index (χ2v) is 5.97. The fourth-order valence-corrected chi connectivity index (χ4v) is 3.44. The van der Waals surface area contributed by atoms with Gasteiger partial charge in [-0.15, -0.1) is 0 Å². The molecule has 1 aromatic rings. The van der Waals surface area contributed by atoms with Crippen LogP contribution in [-0.4, -0.2) is 43.0 Å². The first kappa shape index (κ1) is 14.5. The normalized spacial score (nSPS) is 25.6. The van der Waals surface area contributed by atoms with Crippen molar-refractivity contribution in [2.45, 2.75) is 25.4 Å². The largest absolute Gasteiger partial charge is 0.351 e. The number of likely N-dealkylation sites (tertiary alicyclic amines) is 1. The summed E-state index contributed by atoms with van der Waals surface area (Å²) in [5, 5.41) is 6.24. The van der Waals surface area contributed by atoms with Gasteiger partial charge in [0.2, 0.25) is 5.91 Å². The van der Waals surface area contributed by atoms with E-state index in [-0.39, 0.29) is 18.3 Å². The van der Waals surface area contributed by atoms with Gasteiger partial charge in [-0.05, 0) is 37.9 Å². The Kier molecular flexibility index (Phi) is 4.51. The van der Waals surface area contributed by atoms with Gasteiger partial charge >= 0.3 is 0 Å². The fraction of sp³-hybridized carbons (Fsp3) is 0.562. The van der Waals surface area contributed by atoms with E-state index in [2.05, 4.69) is 15.5 Å². The zero-order valence-corrected chi connectivity index (χ0v) is 12.1. The standard InChI is InChI=1S/C16H22FN3O/c17-14-6-2-1-4-12(14)9-19-16(21)11-20-7-3-5-13-8-18-10-15(13)20/h1-2,4,6,13,15,18H,3,5,7-11H2,(H,19,21). The quantitative estimate of drug-likeness (QED) is 0.874. The molecule has 0 bridgehead atoms. The Morgan fingerprint density at radius 1 is 1.38 bits per heavy atom. The van der Waals surface area contributed by atoms with Crippen molar-refractivity contribution in [1.29, 1.82) is 0 Å². The number of rotatable bonds is 4. The Balaban J connectivity index is 1.51. The number of nitrogens with zero attached hydrogens (tertiary/aromatic N) is 1. The second kappa shape index (κ2) is 6.54. The van der Waals surface area contributed by atoms with Crippen LogP contribution in [0.3, 0.4) is 0 Å². The molecule has 2 atom stereocenters. The summed E-state index contributed by atoms with van der Waals surface area (Å²) in [6.07, 6.45) is 2.41. The molecule has 1 aromatic carbocycles. The summed E-state index contributed by atoms with van der Waals surface area (Å²) in [5.41, 5.74) is 0.532. The van der Waals surface area contributed by atoms with E-state index >= 15 is 0 Å². The molecule has 21 heavy (non-hydrogen) atoms. The molecule has 2 saturated heterocycles. The summed E-state index contributed by atoms with van der Waals surface area (Å²) in [5.74, 6) is 0.389. The molecule has 5 heteroatoms. The van der Waals surface area contributed by atoms with Crippen LogP contribution in [-0.2, 0) is 11.3 Å². The Bertz CT molecular complexity index is 508. The molecular formula is C16H22FN3O. The lowest BCUT2D eigenvalue weighted by atomic mass is 9.92. The van der Waals surface area contributed by atoms with Crippen LogP contribution < -0.4 is 10.6 Å². The van der Waals surface area contributed by atoms with Gasteiger partial charge in [-0.25, -0.2) is 4.39 Å². The highest BCUT2D eigenvalue weighted by Gasteiger charge is 2.35. The van der Waals surface area contributed by atoms with Crippen LogP contribution in [0.25, 0.3) is 0 Å². The molecular weight excluding hydrogens is 269 g/mol. The smallest absolute Gasteiger partial charge is 0.234 e. The Morgan fingerprint density at radius 2 is 2.24 bits per heavy atom. The van der Waals surface area contributed by atoms with Crippen LogP contribution in [0.2, 0.25) is 0 Å². The van der Waals surface area contributed by atoms with E-state index in [0.717, 1.165) is 26.1 Å². The summed E-state index contributed by atoms with van der Waals surface area (Å²) in [4.78, 5) is 14.4. The van der Waals surface area contributed by atoms with Crippen LogP contribution in [0.1, 0.15) is 18.4 Å². The molecule has 1 amide bonds. The first-order valence-corrected chi connectivity index (χ1v) is 7.69. The molecule has 3 rings (SSSR count). The Morgan fingerprint density at radius 3 is 3.10 bits per heavy atom. The lowest BCUT2D eigenvalue weighted by Gasteiger charge is -2.36. The van der Waals surface area contributed by atoms with Gasteiger partial charge in [-0.3, -0.25) is 9.69 Å². The van der Waals surface area contributed by atoms with E-state index in [1.165, 1.54) is 12.5 Å². The Labute approximate surface area is 124 Å². The number of halogens is 1. The second-order valence-electron chi connectivity index (χ2n) is 5.97. The topological polar surface area (TPSA) is 44.4 Å². The van der Waals surface area contributed by atoms with E-state index in [1.807, 2.05) is 0 Å². The lowest BCUT2D eigenvalue weighted by Crippen LogP contribution is -2.49. The van der Waals surface area contributed by atoms with Gasteiger partial charge < -0.3 is 10.6 Å². The summed E-state index contributed by atoms with van der Waals surface area (Å²) < 4.78 is 13.5. The number of benzene rings is 1. The van der Waals surface area contributed by atoms with Crippen LogP contribution >= 0.6 is 0 Å². The molecule has 2 aliphatic rings. The first-order valence-electron chi connectivity index (χ1n) is 7.69. The number of amides is 1. The molecule has 2 heterocycles. The third kappa shape index (κ3) is 3.41. The van der Waals surface area contributed by atoms with Crippen molar-refractivity contribution in [2.75, 3.05) is 26.2 Å². The van der Waals surface area contributed by atoms with Gasteiger partial charge in [0.15, 0.2) is 0 Å². The Hall–Kier alpha value is -1.46. The third-order valence-electron chi connectivity index (χ3n) is 4.57. The van der Waals surface area contributed by atoms with Crippen molar-refractivity contribution in [3.63, 3.8) is 0 Å². The molecule has 4 nitrogen and oxygen atoms in total. The first-order chi connectivity index (χ1) is 10.2. The zero-order valence-electron chi connectivity index (χ0n) is 12.1. The molecule has 114 valence electrons. The average molecular weight is 291 g/mol. The van der Waals surface area contributed by atoms with E-state index in [4.69, 9.17) is 0 Å². The predicted molar refractivity (Wildman–Crippen MR) is 79.2 cm³/mol. The number of piperidine rings is 1. The molecule has 2 aliphatic heterocycles. The average Bonchev–Trinajstić information content (AvgIpc) is 2.96. The number of nitrogens with one attached hydrogen (secondary N) is 2. The van der Waals surface area contributed by atoms with E-state index < -0.39 is 0 Å². The number of fused-ring (bicyclic) bond motifs is 1. The summed E-state index contributed by atoms with van der Waals surface area (Å²) in [7, 11) is 0. The fourth-order valence-electron chi connectivity index (χ4n) is 3.44. The number of carbonyl (C=O) groups excluding carboxylic acids is 1. The highest BCUT2D eigenvalue weighted by atomic mass is 19.1. The van der Waals surface area contributed by atoms with Crippen molar-refractivity contribution in [2.24, 2.45) is 5.92 Å². The third-order valence-corrected chi connectivity index (χ3v) is 4.57. The van der Waals surface area contributed by atoms with Gasteiger partial charge in [0.25, 0.3) is 0 Å². The van der Waals surface area contributed by atoms with Crippen LogP contribution in [0, 0.1) is 11.7 Å². The van der Waals surface area contributed by atoms with Crippen molar-refractivity contribution in [3.05, 3.63) is 35.6 Å². The monoisotopic (exact) mass is 291 g/mol. The molecule has 2 unspecified atom stereocenters. The van der Waals surface area contributed by atoms with E-state index in [1.54, 1.807) is 18.2 Å². The minimum Gasteiger partial charge on any atom is -0.351 e. The van der Waals surface area contributed by atoms with Crippen molar-refractivity contribution in [1.82, 2.24) is 15.5 Å². The maximum Gasteiger partial charge on any atom is 0.234 e. The highest BCUT2D eigenvalue weighted by molar-refractivity contribution is 5.78. The minimum atomic E-state index is -0.268. The van der Waals surface area contributed by atoms with Crippen LogP contribution in [0.5, 0.6) is 0 Å². The lowest BCUT2D eigenvalue weighted by molar-refractivity contribution is -0.123. The maximum atomic E-state index is 13.5. The molecule has 0 radical (unpaired) electrons. The van der Waals surface area contributed by atoms with Crippen LogP contribution in [0.15, 0.2) is 24.3 Å². The maximum absolute atomic E-state index is 13.5. The number of hydrogen-bond donors (Lipinski definition) is 2. The van der Waals surface area contributed by atoms with Gasteiger partial charge in [0.1, 0.15) is 5.82 Å². The molecule has 0 saturated carbocycles.